The van der Waals surface area contributed by atoms with E-state index in [-0.39, 0.29) is 5.41 Å². The molecule has 0 N–H and O–H groups in total. The van der Waals surface area contributed by atoms with E-state index >= 15 is 0 Å². The maximum Gasteiger partial charge on any atom is 0.0543 e. The fraction of sp³-hybridized carbons (Fsp3) is 0.0857. The fourth-order valence-electron chi connectivity index (χ4n) is 11.7. The average molecular weight is 923 g/mol. The summed E-state index contributed by atoms with van der Waals surface area (Å²) in [5.41, 5.74) is 20.4. The van der Waals surface area contributed by atoms with E-state index in [1.165, 1.54) is 105 Å². The molecule has 2 nitrogen and oxygen atoms in total. The lowest BCUT2D eigenvalue weighted by atomic mass is 9.70. The topological polar surface area (TPSA) is 6.48 Å². The van der Waals surface area contributed by atoms with Gasteiger partial charge in [-0.2, -0.15) is 0 Å². The number of nitrogens with zero attached hydrogens (tertiary/aromatic N) is 2. The Morgan fingerprint density at radius 2 is 0.694 bits per heavy atom. The molecule has 2 heteroatoms. The molecule has 0 aliphatic heterocycles. The van der Waals surface area contributed by atoms with Crippen LogP contribution in [0.15, 0.2) is 249 Å². The largest absolute Gasteiger partial charge is 0.310 e. The summed E-state index contributed by atoms with van der Waals surface area (Å²) in [5, 5.41) is 7.89. The molecule has 72 heavy (non-hydrogen) atoms. The molecular weight excluding hydrogens is 869 g/mol. The number of rotatable bonds is 10. The Morgan fingerprint density at radius 3 is 1.11 bits per heavy atom. The van der Waals surface area contributed by atoms with E-state index in [0.717, 1.165) is 35.6 Å². The van der Waals surface area contributed by atoms with E-state index in [1.54, 1.807) is 0 Å². The third kappa shape index (κ3) is 7.50. The van der Waals surface area contributed by atoms with Gasteiger partial charge in [-0.1, -0.05) is 196 Å². The van der Waals surface area contributed by atoms with Crippen LogP contribution in [0.5, 0.6) is 0 Å². The molecule has 0 atom stereocenters. The third-order valence-electron chi connectivity index (χ3n) is 15.3. The minimum absolute atomic E-state index is 0.0531. The van der Waals surface area contributed by atoms with Crippen molar-refractivity contribution in [2.24, 2.45) is 0 Å². The molecule has 0 heterocycles. The summed E-state index contributed by atoms with van der Waals surface area (Å²) in [6.45, 7) is 7.23. The highest BCUT2D eigenvalue weighted by atomic mass is 15.2. The molecule has 0 aromatic heterocycles. The van der Waals surface area contributed by atoms with Crippen molar-refractivity contribution in [2.75, 3.05) is 9.80 Å². The van der Waals surface area contributed by atoms with Gasteiger partial charge < -0.3 is 9.80 Å². The van der Waals surface area contributed by atoms with Gasteiger partial charge in [0.25, 0.3) is 0 Å². The summed E-state index contributed by atoms with van der Waals surface area (Å²) in [6, 6.07) is 91.9. The number of benzene rings is 12. The first-order valence-corrected chi connectivity index (χ1v) is 25.4. The predicted octanol–water partition coefficient (Wildman–Crippen LogP) is 19.7. The molecule has 12 aromatic carbocycles. The maximum atomic E-state index is 2.58. The second-order valence-corrected chi connectivity index (χ2v) is 20.2. The lowest BCUT2D eigenvalue weighted by Crippen LogP contribution is -2.24. The average Bonchev–Trinajstić information content (AvgIpc) is 3.44. The van der Waals surface area contributed by atoms with E-state index in [1.807, 2.05) is 0 Å². The molecule has 0 fully saturated rings. The van der Waals surface area contributed by atoms with Crippen molar-refractivity contribution in [1.29, 1.82) is 0 Å². The molecule has 0 amide bonds. The van der Waals surface area contributed by atoms with Crippen molar-refractivity contribution in [3.05, 3.63) is 265 Å². The van der Waals surface area contributed by atoms with Crippen molar-refractivity contribution < 1.29 is 0 Å². The Bertz CT molecular complexity index is 3780. The second-order valence-electron chi connectivity index (χ2n) is 20.2. The van der Waals surface area contributed by atoms with E-state index in [4.69, 9.17) is 0 Å². The second kappa shape index (κ2) is 17.6. The van der Waals surface area contributed by atoms with E-state index < -0.39 is 0 Å². The van der Waals surface area contributed by atoms with Crippen LogP contribution >= 0.6 is 0 Å². The van der Waals surface area contributed by atoms with Gasteiger partial charge in [0.1, 0.15) is 0 Å². The van der Waals surface area contributed by atoms with E-state index in [0.29, 0.717) is 0 Å². The summed E-state index contributed by atoms with van der Waals surface area (Å²) in [5.74, 6) is 0. The molecule has 344 valence electrons. The highest BCUT2D eigenvalue weighted by molar-refractivity contribution is 6.30. The zero-order valence-corrected chi connectivity index (χ0v) is 41.0. The summed E-state index contributed by atoms with van der Waals surface area (Å²) in [7, 11) is 0. The summed E-state index contributed by atoms with van der Waals surface area (Å²) in [4.78, 5) is 5.06. The first-order chi connectivity index (χ1) is 35.4. The normalized spacial score (nSPS) is 12.9. The SMILES string of the molecule is Cc1cc(N(c2cccc(-c3ccccc3)c2)c2cccc(-c3ccccc3)c2)c2cc3c4c(cc(N(c5cccc(-c6ccccc6)c5)c5cccc(-c6ccccc6)c5)c5ccc1c2c54)CCC3(C)C. The Kier molecular flexibility index (Phi) is 10.6. The smallest absolute Gasteiger partial charge is 0.0543 e. The minimum atomic E-state index is -0.0531. The van der Waals surface area contributed by atoms with Crippen LogP contribution in [0, 0.1) is 6.92 Å². The molecule has 1 aliphatic rings. The van der Waals surface area contributed by atoms with Crippen LogP contribution in [-0.2, 0) is 11.8 Å². The number of anilines is 6. The van der Waals surface area contributed by atoms with Crippen molar-refractivity contribution >= 4 is 66.4 Å². The Hall–Kier alpha value is -8.72. The van der Waals surface area contributed by atoms with Crippen LogP contribution in [-0.4, -0.2) is 0 Å². The predicted molar refractivity (Wildman–Crippen MR) is 307 cm³/mol. The zero-order chi connectivity index (χ0) is 48.3. The number of aryl methyl sites for hydroxylation is 2. The van der Waals surface area contributed by atoms with Gasteiger partial charge in [-0.15, -0.1) is 0 Å². The monoisotopic (exact) mass is 922 g/mol. The molecule has 12 aromatic rings. The Labute approximate surface area is 423 Å². The molecule has 0 saturated heterocycles. The Balaban J connectivity index is 1.11. The van der Waals surface area contributed by atoms with Gasteiger partial charge in [-0.25, -0.2) is 0 Å². The van der Waals surface area contributed by atoms with Crippen LogP contribution in [0.2, 0.25) is 0 Å². The van der Waals surface area contributed by atoms with Gasteiger partial charge in [0.2, 0.25) is 0 Å². The summed E-state index contributed by atoms with van der Waals surface area (Å²) >= 11 is 0. The molecule has 13 rings (SSSR count). The van der Waals surface area contributed by atoms with Crippen LogP contribution in [0.3, 0.4) is 0 Å². The van der Waals surface area contributed by atoms with Gasteiger partial charge in [0.05, 0.1) is 11.4 Å². The van der Waals surface area contributed by atoms with Crippen LogP contribution in [0.1, 0.15) is 37.0 Å². The van der Waals surface area contributed by atoms with Crippen molar-refractivity contribution in [3.8, 4) is 44.5 Å². The molecule has 0 saturated carbocycles. The molecule has 0 unspecified atom stereocenters. The van der Waals surface area contributed by atoms with Crippen LogP contribution in [0.4, 0.5) is 34.1 Å². The van der Waals surface area contributed by atoms with Gasteiger partial charge in [-0.05, 0) is 169 Å². The van der Waals surface area contributed by atoms with Gasteiger partial charge in [-0.3, -0.25) is 0 Å². The lowest BCUT2D eigenvalue weighted by molar-refractivity contribution is 0.475. The van der Waals surface area contributed by atoms with Crippen LogP contribution < -0.4 is 9.80 Å². The van der Waals surface area contributed by atoms with Gasteiger partial charge in [0.15, 0.2) is 0 Å². The van der Waals surface area contributed by atoms with Crippen molar-refractivity contribution in [2.45, 2.75) is 39.0 Å². The highest BCUT2D eigenvalue weighted by Gasteiger charge is 2.34. The first-order valence-electron chi connectivity index (χ1n) is 25.4. The molecule has 0 spiro atoms. The molecular formula is C70H54N2. The number of hydrogen-bond acceptors (Lipinski definition) is 2. The third-order valence-corrected chi connectivity index (χ3v) is 15.3. The van der Waals surface area contributed by atoms with E-state index in [2.05, 4.69) is 279 Å². The van der Waals surface area contributed by atoms with Gasteiger partial charge in [0, 0.05) is 38.9 Å². The van der Waals surface area contributed by atoms with E-state index in [9.17, 15) is 0 Å². The van der Waals surface area contributed by atoms with Crippen LogP contribution in [0.25, 0.3) is 76.8 Å². The molecule has 1 aliphatic carbocycles. The summed E-state index contributed by atoms with van der Waals surface area (Å²) < 4.78 is 0. The zero-order valence-electron chi connectivity index (χ0n) is 41.0. The number of hydrogen-bond donors (Lipinski definition) is 0. The highest BCUT2D eigenvalue weighted by Crippen LogP contribution is 2.54. The first kappa shape index (κ1) is 43.3. The van der Waals surface area contributed by atoms with Crippen molar-refractivity contribution in [1.82, 2.24) is 0 Å². The quantitative estimate of drug-likeness (QED) is 0.126. The maximum absolute atomic E-state index is 2.58. The molecule has 0 radical (unpaired) electrons. The van der Waals surface area contributed by atoms with Gasteiger partial charge >= 0.3 is 0 Å². The Morgan fingerprint density at radius 1 is 0.319 bits per heavy atom. The standard InChI is InChI=1S/C70H54N2/c1-47-40-65(71(57-32-16-28-52(41-57)48-20-8-4-9-21-48)58-33-17-29-53(42-58)49-22-10-5-11-23-49)63-46-64-67-56(38-39-70(64,2)3)45-66(62-37-36-61(47)68(63)69(62)67)72(59-34-18-30-54(43-59)50-24-12-6-13-25-50)60-35-19-31-55(44-60)51-26-14-7-15-27-51/h4-37,40-46H,38-39H2,1-3H3. The minimum Gasteiger partial charge on any atom is -0.310 e. The fourth-order valence-corrected chi connectivity index (χ4v) is 11.7. The van der Waals surface area contributed by atoms with Crippen molar-refractivity contribution in [3.63, 3.8) is 0 Å². The lowest BCUT2D eigenvalue weighted by Gasteiger charge is -2.37. The molecule has 0 bridgehead atoms. The summed E-state index contributed by atoms with van der Waals surface area (Å²) in [6.07, 6.45) is 2.05.